The molecule has 0 saturated carbocycles. The van der Waals surface area contributed by atoms with Crippen LogP contribution in [-0.2, 0) is 14.3 Å². The number of rotatable bonds is 6. The summed E-state index contributed by atoms with van der Waals surface area (Å²) in [7, 11) is 0. The number of ether oxygens (including phenoxy) is 1. The van der Waals surface area contributed by atoms with E-state index < -0.39 is 30.1 Å². The molecule has 0 aliphatic heterocycles. The molecular formula is C19H19FN2O4. The van der Waals surface area contributed by atoms with Crippen LogP contribution in [0.4, 0.5) is 15.8 Å². The Morgan fingerprint density at radius 3 is 2.38 bits per heavy atom. The molecule has 0 fully saturated rings. The highest BCUT2D eigenvalue weighted by molar-refractivity contribution is 6.05. The van der Waals surface area contributed by atoms with E-state index in [1.54, 1.807) is 31.2 Å². The lowest BCUT2D eigenvalue weighted by molar-refractivity contribution is -0.120. The molecule has 1 N–H and O–H groups in total. The van der Waals surface area contributed by atoms with Gasteiger partial charge in [0, 0.05) is 6.92 Å². The first kappa shape index (κ1) is 19.1. The van der Waals surface area contributed by atoms with Gasteiger partial charge in [0.25, 0.3) is 0 Å². The van der Waals surface area contributed by atoms with Gasteiger partial charge in [-0.05, 0) is 31.2 Å². The Labute approximate surface area is 150 Å². The first-order valence-corrected chi connectivity index (χ1v) is 8.02. The average molecular weight is 358 g/mol. The summed E-state index contributed by atoms with van der Waals surface area (Å²) in [6, 6.07) is 12.0. The number of hydrogen-bond donors (Lipinski definition) is 1. The molecule has 0 heterocycles. The molecule has 2 amide bonds. The van der Waals surface area contributed by atoms with Crippen molar-refractivity contribution < 1.29 is 23.5 Å². The molecule has 0 aliphatic carbocycles. The number of hydrogen-bond acceptors (Lipinski definition) is 4. The second-order valence-electron chi connectivity index (χ2n) is 5.37. The second-order valence-corrected chi connectivity index (χ2v) is 5.37. The van der Waals surface area contributed by atoms with Gasteiger partial charge in [-0.15, -0.1) is 0 Å². The van der Waals surface area contributed by atoms with Gasteiger partial charge in [0.05, 0.1) is 23.5 Å². The summed E-state index contributed by atoms with van der Waals surface area (Å²) >= 11 is 0. The van der Waals surface area contributed by atoms with Crippen LogP contribution in [0.25, 0.3) is 0 Å². The summed E-state index contributed by atoms with van der Waals surface area (Å²) in [5.74, 6) is -2.23. The summed E-state index contributed by atoms with van der Waals surface area (Å²) in [5, 5.41) is 2.57. The maximum absolute atomic E-state index is 13.9. The third-order valence-corrected chi connectivity index (χ3v) is 3.52. The van der Waals surface area contributed by atoms with E-state index in [-0.39, 0.29) is 23.5 Å². The highest BCUT2D eigenvalue weighted by Gasteiger charge is 2.20. The maximum atomic E-state index is 13.9. The van der Waals surface area contributed by atoms with Crippen LogP contribution in [0.5, 0.6) is 0 Å². The van der Waals surface area contributed by atoms with Gasteiger partial charge in [-0.25, -0.2) is 9.18 Å². The SMILES string of the molecule is CCOC(=O)c1ccccc1NC(=O)CN(C(C)=O)c1ccccc1F. The highest BCUT2D eigenvalue weighted by atomic mass is 19.1. The minimum atomic E-state index is -0.609. The fourth-order valence-corrected chi connectivity index (χ4v) is 2.35. The van der Waals surface area contributed by atoms with E-state index in [1.165, 1.54) is 31.2 Å². The summed E-state index contributed by atoms with van der Waals surface area (Å²) in [5.41, 5.74) is 0.463. The molecule has 2 aromatic carbocycles. The van der Waals surface area contributed by atoms with Crippen LogP contribution in [0, 0.1) is 5.82 Å². The third kappa shape index (κ3) is 4.66. The van der Waals surface area contributed by atoms with Gasteiger partial charge in [-0.3, -0.25) is 9.59 Å². The predicted octanol–water partition coefficient (Wildman–Crippen LogP) is 2.99. The predicted molar refractivity (Wildman–Crippen MR) is 95.5 cm³/mol. The number of amides is 2. The monoisotopic (exact) mass is 358 g/mol. The zero-order chi connectivity index (χ0) is 19.1. The summed E-state index contributed by atoms with van der Waals surface area (Å²) in [6.45, 7) is 2.73. The fraction of sp³-hybridized carbons (Fsp3) is 0.211. The second kappa shape index (κ2) is 8.75. The molecule has 26 heavy (non-hydrogen) atoms. The van der Waals surface area contributed by atoms with E-state index in [1.807, 2.05) is 0 Å². The van der Waals surface area contributed by atoms with Crippen LogP contribution in [0.15, 0.2) is 48.5 Å². The molecule has 0 aromatic heterocycles. The first-order chi connectivity index (χ1) is 12.4. The quantitative estimate of drug-likeness (QED) is 0.806. The molecule has 0 aliphatic rings. The normalized spacial score (nSPS) is 10.1. The zero-order valence-electron chi connectivity index (χ0n) is 14.5. The van der Waals surface area contributed by atoms with Crippen LogP contribution in [-0.4, -0.2) is 30.9 Å². The number of benzene rings is 2. The molecule has 6 nitrogen and oxygen atoms in total. The van der Waals surface area contributed by atoms with Crippen molar-refractivity contribution in [1.82, 2.24) is 0 Å². The molecule has 136 valence electrons. The van der Waals surface area contributed by atoms with Crippen molar-refractivity contribution in [1.29, 1.82) is 0 Å². The first-order valence-electron chi connectivity index (χ1n) is 8.02. The van der Waals surface area contributed by atoms with Crippen LogP contribution in [0.3, 0.4) is 0 Å². The minimum Gasteiger partial charge on any atom is -0.462 e. The van der Waals surface area contributed by atoms with Gasteiger partial charge in [0.1, 0.15) is 12.4 Å². The number of carbonyl (C=O) groups is 3. The average Bonchev–Trinajstić information content (AvgIpc) is 2.61. The molecule has 0 saturated heterocycles. The van der Waals surface area contributed by atoms with E-state index >= 15 is 0 Å². The molecule has 0 spiro atoms. The van der Waals surface area contributed by atoms with E-state index in [0.29, 0.717) is 0 Å². The lowest BCUT2D eigenvalue weighted by atomic mass is 10.1. The summed E-state index contributed by atoms with van der Waals surface area (Å²) in [6.07, 6.45) is 0. The molecule has 7 heteroatoms. The maximum Gasteiger partial charge on any atom is 0.340 e. The molecule has 0 unspecified atom stereocenters. The van der Waals surface area contributed by atoms with Crippen molar-refractivity contribution >= 4 is 29.2 Å². The number of anilines is 2. The molecule has 0 atom stereocenters. The Kier molecular flexibility index (Phi) is 6.43. The Morgan fingerprint density at radius 1 is 1.08 bits per heavy atom. The number of halogens is 1. The summed E-state index contributed by atoms with van der Waals surface area (Å²) < 4.78 is 18.9. The fourth-order valence-electron chi connectivity index (χ4n) is 2.35. The van der Waals surface area contributed by atoms with Crippen molar-refractivity contribution in [2.75, 3.05) is 23.4 Å². The van der Waals surface area contributed by atoms with Crippen molar-refractivity contribution in [3.05, 3.63) is 59.9 Å². The van der Waals surface area contributed by atoms with Gasteiger partial charge in [0.15, 0.2) is 0 Å². The Bertz CT molecular complexity index is 823. The van der Waals surface area contributed by atoms with Crippen LogP contribution in [0.2, 0.25) is 0 Å². The molecule has 2 rings (SSSR count). The number of carbonyl (C=O) groups excluding carboxylic acids is 3. The smallest absolute Gasteiger partial charge is 0.340 e. The number of nitrogens with zero attached hydrogens (tertiary/aromatic N) is 1. The standard InChI is InChI=1S/C19H19FN2O4/c1-3-26-19(25)14-8-4-6-10-16(14)21-18(24)12-22(13(2)23)17-11-7-5-9-15(17)20/h4-11H,3,12H2,1-2H3,(H,21,24). The largest absolute Gasteiger partial charge is 0.462 e. The van der Waals surface area contributed by atoms with Crippen LogP contribution >= 0.6 is 0 Å². The lowest BCUT2D eigenvalue weighted by Gasteiger charge is -2.21. The number of para-hydroxylation sites is 2. The van der Waals surface area contributed by atoms with E-state index in [9.17, 15) is 18.8 Å². The van der Waals surface area contributed by atoms with E-state index in [0.717, 1.165) is 4.90 Å². The highest BCUT2D eigenvalue weighted by Crippen LogP contribution is 2.20. The minimum absolute atomic E-state index is 0.00817. The van der Waals surface area contributed by atoms with Gasteiger partial charge < -0.3 is 15.0 Å². The van der Waals surface area contributed by atoms with Crippen molar-refractivity contribution in [2.45, 2.75) is 13.8 Å². The third-order valence-electron chi connectivity index (χ3n) is 3.52. The number of esters is 1. The molecule has 0 bridgehead atoms. The van der Waals surface area contributed by atoms with Gasteiger partial charge in [0.2, 0.25) is 11.8 Å². The summed E-state index contributed by atoms with van der Waals surface area (Å²) in [4.78, 5) is 37.2. The number of nitrogens with one attached hydrogen (secondary N) is 1. The zero-order valence-corrected chi connectivity index (χ0v) is 14.5. The van der Waals surface area contributed by atoms with Gasteiger partial charge in [-0.1, -0.05) is 24.3 Å². The van der Waals surface area contributed by atoms with Gasteiger partial charge in [-0.2, -0.15) is 0 Å². The van der Waals surface area contributed by atoms with Crippen molar-refractivity contribution in [3.63, 3.8) is 0 Å². The Morgan fingerprint density at radius 2 is 1.73 bits per heavy atom. The van der Waals surface area contributed by atoms with E-state index in [2.05, 4.69) is 5.32 Å². The van der Waals surface area contributed by atoms with Crippen LogP contribution in [0.1, 0.15) is 24.2 Å². The lowest BCUT2D eigenvalue weighted by Crippen LogP contribution is -2.37. The van der Waals surface area contributed by atoms with Crippen LogP contribution < -0.4 is 10.2 Å². The molecule has 0 radical (unpaired) electrons. The van der Waals surface area contributed by atoms with Gasteiger partial charge >= 0.3 is 5.97 Å². The Balaban J connectivity index is 2.19. The topological polar surface area (TPSA) is 75.7 Å². The molecule has 2 aromatic rings. The van der Waals surface area contributed by atoms with E-state index in [4.69, 9.17) is 4.74 Å². The molecular weight excluding hydrogens is 339 g/mol. The van der Waals surface area contributed by atoms with Crippen molar-refractivity contribution in [3.8, 4) is 0 Å². The Hall–Kier alpha value is -3.22. The van der Waals surface area contributed by atoms with Crippen molar-refractivity contribution in [2.24, 2.45) is 0 Å².